The summed E-state index contributed by atoms with van der Waals surface area (Å²) in [5.41, 5.74) is 0. The lowest BCUT2D eigenvalue weighted by Gasteiger charge is -2.30. The maximum Gasteiger partial charge on any atom is 0.308 e. The van der Waals surface area contributed by atoms with Crippen LogP contribution in [-0.2, 0) is 9.53 Å². The first kappa shape index (κ1) is 15.1. The van der Waals surface area contributed by atoms with Gasteiger partial charge in [-0.25, -0.2) is 0 Å². The van der Waals surface area contributed by atoms with Gasteiger partial charge in [-0.05, 0) is 52.2 Å². The Hall–Kier alpha value is -1.29. The van der Waals surface area contributed by atoms with Gasteiger partial charge in [0, 0.05) is 6.04 Å². The Morgan fingerprint density at radius 2 is 2.30 bits per heavy atom. The van der Waals surface area contributed by atoms with Crippen LogP contribution in [0.2, 0.25) is 0 Å². The molecular formula is C16H25NO3. The number of carbonyl (C=O) groups is 1. The van der Waals surface area contributed by atoms with Gasteiger partial charge in [0.1, 0.15) is 11.5 Å². The van der Waals surface area contributed by atoms with E-state index in [1.54, 1.807) is 0 Å². The number of ether oxygens (including phenoxy) is 1. The van der Waals surface area contributed by atoms with Crippen molar-refractivity contribution in [3.8, 4) is 0 Å². The van der Waals surface area contributed by atoms with E-state index in [0.717, 1.165) is 37.2 Å². The monoisotopic (exact) mass is 279 g/mol. The molecule has 1 aromatic rings. The summed E-state index contributed by atoms with van der Waals surface area (Å²) < 4.78 is 10.8. The van der Waals surface area contributed by atoms with Gasteiger partial charge in [0.2, 0.25) is 0 Å². The van der Waals surface area contributed by atoms with Crippen molar-refractivity contribution in [3.05, 3.63) is 23.7 Å². The van der Waals surface area contributed by atoms with Crippen LogP contribution in [0, 0.1) is 12.8 Å². The molecule has 0 amide bonds. The van der Waals surface area contributed by atoms with Gasteiger partial charge in [-0.1, -0.05) is 6.42 Å². The predicted octanol–water partition coefficient (Wildman–Crippen LogP) is 3.36. The number of esters is 1. The van der Waals surface area contributed by atoms with Crippen LogP contribution in [-0.4, -0.2) is 18.6 Å². The van der Waals surface area contributed by atoms with E-state index in [-0.39, 0.29) is 17.9 Å². The van der Waals surface area contributed by atoms with Crippen molar-refractivity contribution in [2.45, 2.75) is 58.5 Å². The van der Waals surface area contributed by atoms with Crippen molar-refractivity contribution in [2.75, 3.05) is 6.61 Å². The fourth-order valence-corrected chi connectivity index (χ4v) is 2.94. The van der Waals surface area contributed by atoms with E-state index >= 15 is 0 Å². The normalized spacial score (nSPS) is 24.4. The van der Waals surface area contributed by atoms with Crippen molar-refractivity contribution < 1.29 is 13.9 Å². The lowest BCUT2D eigenvalue weighted by Crippen LogP contribution is -2.38. The number of furan rings is 1. The third-order valence-electron chi connectivity index (χ3n) is 3.97. The van der Waals surface area contributed by atoms with Crippen LogP contribution >= 0.6 is 0 Å². The minimum atomic E-state index is -0.0412. The third kappa shape index (κ3) is 3.85. The molecule has 0 radical (unpaired) electrons. The van der Waals surface area contributed by atoms with Gasteiger partial charge in [0.05, 0.1) is 18.6 Å². The van der Waals surface area contributed by atoms with Crippen molar-refractivity contribution in [1.82, 2.24) is 5.32 Å². The van der Waals surface area contributed by atoms with E-state index in [1.807, 2.05) is 26.0 Å². The summed E-state index contributed by atoms with van der Waals surface area (Å²) in [5, 5.41) is 3.57. The molecule has 1 fully saturated rings. The number of hydrogen-bond acceptors (Lipinski definition) is 4. The summed E-state index contributed by atoms with van der Waals surface area (Å²) in [6, 6.07) is 4.53. The van der Waals surface area contributed by atoms with E-state index < -0.39 is 0 Å². The molecule has 2 rings (SSSR count). The summed E-state index contributed by atoms with van der Waals surface area (Å²) in [4.78, 5) is 11.8. The minimum Gasteiger partial charge on any atom is -0.466 e. The highest BCUT2D eigenvalue weighted by atomic mass is 16.5. The maximum absolute atomic E-state index is 11.8. The highest BCUT2D eigenvalue weighted by molar-refractivity contribution is 5.72. The van der Waals surface area contributed by atoms with Crippen molar-refractivity contribution in [3.63, 3.8) is 0 Å². The van der Waals surface area contributed by atoms with Crippen molar-refractivity contribution >= 4 is 5.97 Å². The molecule has 1 aliphatic rings. The van der Waals surface area contributed by atoms with Crippen LogP contribution in [0.1, 0.15) is 57.1 Å². The van der Waals surface area contributed by atoms with Gasteiger partial charge in [-0.15, -0.1) is 0 Å². The molecule has 1 saturated carbocycles. The summed E-state index contributed by atoms with van der Waals surface area (Å²) >= 11 is 0. The van der Waals surface area contributed by atoms with E-state index in [9.17, 15) is 4.79 Å². The lowest BCUT2D eigenvalue weighted by atomic mass is 9.85. The van der Waals surface area contributed by atoms with Crippen LogP contribution in [0.3, 0.4) is 0 Å². The van der Waals surface area contributed by atoms with Gasteiger partial charge in [0.15, 0.2) is 0 Å². The summed E-state index contributed by atoms with van der Waals surface area (Å²) in [6.07, 6.45) is 4.00. The number of nitrogens with one attached hydrogen (secondary N) is 1. The standard InChI is InChI=1S/C16H25NO3/c1-4-19-16(18)13-6-5-7-14(10-13)17-12(3)15-9-8-11(2)20-15/h8-9,12-14,17H,4-7,10H2,1-3H3. The third-order valence-corrected chi connectivity index (χ3v) is 3.97. The fourth-order valence-electron chi connectivity index (χ4n) is 2.94. The van der Waals surface area contributed by atoms with Crippen LogP contribution in [0.25, 0.3) is 0 Å². The average Bonchev–Trinajstić information content (AvgIpc) is 2.86. The Kier molecular flexibility index (Phi) is 5.24. The van der Waals surface area contributed by atoms with Gasteiger partial charge in [0.25, 0.3) is 0 Å². The molecule has 1 N–H and O–H groups in total. The highest BCUT2D eigenvalue weighted by Crippen LogP contribution is 2.27. The lowest BCUT2D eigenvalue weighted by molar-refractivity contribution is -0.149. The highest BCUT2D eigenvalue weighted by Gasteiger charge is 2.29. The van der Waals surface area contributed by atoms with E-state index in [4.69, 9.17) is 9.15 Å². The van der Waals surface area contributed by atoms with E-state index in [1.165, 1.54) is 0 Å². The molecule has 3 atom stereocenters. The Bertz CT molecular complexity index is 441. The minimum absolute atomic E-state index is 0.0412. The molecule has 112 valence electrons. The quantitative estimate of drug-likeness (QED) is 0.840. The molecule has 0 aromatic carbocycles. The number of hydrogen-bond donors (Lipinski definition) is 1. The first-order chi connectivity index (χ1) is 9.60. The van der Waals surface area contributed by atoms with Crippen LogP contribution < -0.4 is 5.32 Å². The molecule has 1 heterocycles. The fraction of sp³-hybridized carbons (Fsp3) is 0.688. The van der Waals surface area contributed by atoms with E-state index in [2.05, 4.69) is 12.2 Å². The molecule has 4 nitrogen and oxygen atoms in total. The molecule has 0 saturated heterocycles. The summed E-state index contributed by atoms with van der Waals surface area (Å²) in [6.45, 7) is 6.38. The molecule has 3 unspecified atom stereocenters. The second-order valence-corrected chi connectivity index (χ2v) is 5.65. The molecule has 0 aliphatic heterocycles. The zero-order valence-electron chi connectivity index (χ0n) is 12.6. The van der Waals surface area contributed by atoms with Gasteiger partial charge >= 0.3 is 5.97 Å². The second-order valence-electron chi connectivity index (χ2n) is 5.65. The number of rotatable bonds is 5. The molecular weight excluding hydrogens is 254 g/mol. The zero-order chi connectivity index (χ0) is 14.5. The van der Waals surface area contributed by atoms with Crippen LogP contribution in [0.4, 0.5) is 0 Å². The zero-order valence-corrected chi connectivity index (χ0v) is 12.6. The smallest absolute Gasteiger partial charge is 0.308 e. The van der Waals surface area contributed by atoms with Gasteiger partial charge in [-0.2, -0.15) is 0 Å². The van der Waals surface area contributed by atoms with Gasteiger partial charge in [-0.3, -0.25) is 4.79 Å². The molecule has 1 aromatic heterocycles. The second kappa shape index (κ2) is 6.93. The molecule has 20 heavy (non-hydrogen) atoms. The molecule has 0 bridgehead atoms. The Morgan fingerprint density at radius 3 is 2.95 bits per heavy atom. The number of aryl methyl sites for hydroxylation is 1. The molecule has 0 spiro atoms. The summed E-state index contributed by atoms with van der Waals surface area (Å²) in [5.74, 6) is 1.90. The van der Waals surface area contributed by atoms with E-state index in [0.29, 0.717) is 12.6 Å². The SMILES string of the molecule is CCOC(=O)C1CCCC(NC(C)c2ccc(C)o2)C1. The van der Waals surface area contributed by atoms with Gasteiger partial charge < -0.3 is 14.5 Å². The van der Waals surface area contributed by atoms with Crippen molar-refractivity contribution in [2.24, 2.45) is 5.92 Å². The average molecular weight is 279 g/mol. The van der Waals surface area contributed by atoms with Crippen LogP contribution in [0.15, 0.2) is 16.5 Å². The summed E-state index contributed by atoms with van der Waals surface area (Å²) in [7, 11) is 0. The van der Waals surface area contributed by atoms with Crippen LogP contribution in [0.5, 0.6) is 0 Å². The first-order valence-electron chi connectivity index (χ1n) is 7.59. The topological polar surface area (TPSA) is 51.5 Å². The first-order valence-corrected chi connectivity index (χ1v) is 7.59. The Balaban J connectivity index is 1.87. The van der Waals surface area contributed by atoms with Crippen molar-refractivity contribution in [1.29, 1.82) is 0 Å². The Morgan fingerprint density at radius 1 is 1.50 bits per heavy atom. The molecule has 1 aliphatic carbocycles. The number of carbonyl (C=O) groups excluding carboxylic acids is 1. The molecule has 4 heteroatoms. The Labute approximate surface area is 120 Å². The largest absolute Gasteiger partial charge is 0.466 e. The maximum atomic E-state index is 11.8. The predicted molar refractivity (Wildman–Crippen MR) is 77.4 cm³/mol.